The second-order valence-electron chi connectivity index (χ2n) is 26.2. The highest BCUT2D eigenvalue weighted by atomic mass is 32.1. The average Bonchev–Trinajstić information content (AvgIpc) is 1.44. The first-order chi connectivity index (χ1) is 50.5. The molecule has 0 spiro atoms. The van der Waals surface area contributed by atoms with Crippen molar-refractivity contribution in [1.82, 2.24) is 4.98 Å². The normalized spacial score (nSPS) is 16.3. The highest BCUT2D eigenvalue weighted by Crippen LogP contribution is 2.45. The van der Waals surface area contributed by atoms with Crippen LogP contribution in [0.1, 0.15) is 164 Å². The van der Waals surface area contributed by atoms with Crippen molar-refractivity contribution in [2.45, 2.75) is 147 Å². The molecule has 0 unspecified atom stereocenters. The number of ether oxygens (including phenoxy) is 8. The molecule has 20 nitrogen and oxygen atoms in total. The van der Waals surface area contributed by atoms with E-state index >= 15 is 0 Å². The summed E-state index contributed by atoms with van der Waals surface area (Å²) in [7, 11) is 0. The van der Waals surface area contributed by atoms with Crippen LogP contribution in [0.25, 0.3) is 10.2 Å². The summed E-state index contributed by atoms with van der Waals surface area (Å²) in [6.07, 6.45) is 22.1. The van der Waals surface area contributed by atoms with Gasteiger partial charge in [0.25, 0.3) is 0 Å². The van der Waals surface area contributed by atoms with Crippen molar-refractivity contribution >= 4 is 62.7 Å². The molecule has 2 heterocycles. The van der Waals surface area contributed by atoms with Gasteiger partial charge in [-0.3, -0.25) is 14.4 Å². The summed E-state index contributed by atoms with van der Waals surface area (Å²) in [5.74, 6) is 2.11. The van der Waals surface area contributed by atoms with E-state index in [1.807, 2.05) is 89.9 Å². The molecule has 0 N–H and O–H groups in total. The molecule has 1 aliphatic heterocycles. The van der Waals surface area contributed by atoms with Gasteiger partial charge in [0.1, 0.15) is 40.4 Å². The molecule has 103 heavy (non-hydrogen) atoms. The number of carbonyl (C=O) groups excluding carboxylic acids is 5. The number of anilines is 1. The largest absolute Gasteiger partial charge is 0.494 e. The Bertz CT molecular complexity index is 3780. The van der Waals surface area contributed by atoms with Gasteiger partial charge in [0, 0.05) is 35.4 Å². The number of esters is 5. The molecule has 7 aromatic rings. The first kappa shape index (κ1) is 76.1. The number of carbonyl (C=O) groups is 5. The first-order valence-electron chi connectivity index (χ1n) is 36.5. The summed E-state index contributed by atoms with van der Waals surface area (Å²) in [5, 5.41) is 7.71. The smallest absolute Gasteiger partial charge is 0.330 e. The quantitative estimate of drug-likeness (QED) is 0.00506. The van der Waals surface area contributed by atoms with Crippen molar-refractivity contribution in [2.24, 2.45) is 28.8 Å². The second-order valence-corrected chi connectivity index (χ2v) is 27.2. The number of thiazole rings is 1. The molecule has 546 valence electrons. The van der Waals surface area contributed by atoms with Gasteiger partial charge in [0.05, 0.1) is 74.5 Å². The van der Waals surface area contributed by atoms with E-state index in [1.54, 1.807) is 72.1 Å². The molecule has 0 amide bonds. The highest BCUT2D eigenvalue weighted by molar-refractivity contribution is 7.22. The van der Waals surface area contributed by atoms with Crippen molar-refractivity contribution in [1.29, 1.82) is 0 Å². The number of aromatic nitrogens is 1. The lowest BCUT2D eigenvalue weighted by atomic mass is 9.82. The Morgan fingerprint density at radius 3 is 1.51 bits per heavy atom. The second kappa shape index (κ2) is 41.5. The maximum Gasteiger partial charge on any atom is 0.330 e. The summed E-state index contributed by atoms with van der Waals surface area (Å²) in [4.78, 5) is 91.7. The van der Waals surface area contributed by atoms with Crippen LogP contribution >= 0.6 is 11.3 Å². The summed E-state index contributed by atoms with van der Waals surface area (Å²) >= 11 is 1.56. The topological polar surface area (TPSA) is 225 Å². The van der Waals surface area contributed by atoms with Crippen molar-refractivity contribution in [3.63, 3.8) is 0 Å². The van der Waals surface area contributed by atoms with Gasteiger partial charge in [-0.1, -0.05) is 98.7 Å². The predicted octanol–water partition coefficient (Wildman–Crippen LogP) is 17.7. The van der Waals surface area contributed by atoms with E-state index in [2.05, 4.69) is 13.2 Å². The van der Waals surface area contributed by atoms with Crippen molar-refractivity contribution in [3.05, 3.63) is 182 Å². The zero-order chi connectivity index (χ0) is 71.6. The third-order valence-corrected chi connectivity index (χ3v) is 19.6. The van der Waals surface area contributed by atoms with Crippen LogP contribution in [0, 0.1) is 23.7 Å². The van der Waals surface area contributed by atoms with E-state index < -0.39 is 17.9 Å². The maximum atomic E-state index is 13.9. The minimum absolute atomic E-state index is 0.134. The highest BCUT2D eigenvalue weighted by Gasteiger charge is 2.34. The van der Waals surface area contributed by atoms with Crippen LogP contribution in [0.3, 0.4) is 0 Å². The Balaban J connectivity index is 0.700. The third kappa shape index (κ3) is 24.6. The Morgan fingerprint density at radius 1 is 0.485 bits per heavy atom. The van der Waals surface area contributed by atoms with Crippen molar-refractivity contribution < 1.29 is 81.4 Å². The Hall–Kier alpha value is -9.57. The van der Waals surface area contributed by atoms with Gasteiger partial charge in [-0.2, -0.15) is 14.9 Å². The summed E-state index contributed by atoms with van der Waals surface area (Å²) < 4.78 is 46.8. The molecule has 0 radical (unpaired) electrons. The SMILES string of the molecule is C=CC(=O)OCCCCCCOc1ccc(OOCC2CCC(C(=O)Oc3ccc(OOCC4CCC(C(=O)Oc5ccc(OCCCCCCOC(=O)C=C)cc5)CC4)c(/C=N/N(CCCCCCCCOC(=O)C4c5ccccc5Oc5ccccc54)c4nc5ccccc5s4)c3)CC2)cc1. The van der Waals surface area contributed by atoms with Crippen LogP contribution in [0.15, 0.2) is 170 Å². The van der Waals surface area contributed by atoms with E-state index in [4.69, 9.17) is 67.5 Å². The lowest BCUT2D eigenvalue weighted by molar-refractivity contribution is -0.218. The molecule has 0 bridgehead atoms. The van der Waals surface area contributed by atoms with E-state index in [0.29, 0.717) is 118 Å². The predicted molar refractivity (Wildman–Crippen MR) is 393 cm³/mol. The van der Waals surface area contributed by atoms with Crippen LogP contribution in [-0.2, 0) is 48.0 Å². The van der Waals surface area contributed by atoms with Gasteiger partial charge >= 0.3 is 29.8 Å². The standard InChI is InChI=1S/C82H95N3O17S/c1-3-76(86)93-52-22-11-9-20-50-91-64-39-43-66(44-40-64)98-79(88)61-35-33-60(34-36-61)58-97-102-72-48-47-68(99-80(89)62-37-31-59(32-38-62)57-96-101-67-45-41-65(42-46-67)92-51-21-10-12-23-53-94-77(87)4-2)55-63(72)56-83-85(82-84-71-27-15-18-30-75(71)103-82)49-19-7-5-6-8-24-54-95-81(90)78-69-25-13-16-28-73(69)100-74-29-17-14-26-70(74)78/h3-4,13-18,25-30,39-48,55-56,59-62,78H,1-2,5-12,19-24,31-38,49-54,57-58H2/b83-56+. The first-order valence-corrected chi connectivity index (χ1v) is 37.3. The van der Waals surface area contributed by atoms with Crippen LogP contribution in [0.4, 0.5) is 5.13 Å². The fourth-order valence-corrected chi connectivity index (χ4v) is 13.6. The molecule has 0 saturated heterocycles. The molecule has 10 rings (SSSR count). The van der Waals surface area contributed by atoms with E-state index in [0.717, 1.165) is 148 Å². The van der Waals surface area contributed by atoms with Gasteiger partial charge in [-0.15, -0.1) is 0 Å². The molecule has 6 aromatic carbocycles. The van der Waals surface area contributed by atoms with Gasteiger partial charge in [0.2, 0.25) is 5.13 Å². The van der Waals surface area contributed by atoms with Crippen molar-refractivity contribution in [2.75, 3.05) is 57.8 Å². The van der Waals surface area contributed by atoms with Crippen LogP contribution < -0.4 is 38.5 Å². The van der Waals surface area contributed by atoms with Gasteiger partial charge < -0.3 is 47.7 Å². The Kier molecular flexibility index (Phi) is 30.7. The molecule has 0 atom stereocenters. The lowest BCUT2D eigenvalue weighted by Gasteiger charge is -2.27. The number of hydrazone groups is 1. The third-order valence-electron chi connectivity index (χ3n) is 18.5. The Labute approximate surface area is 607 Å². The summed E-state index contributed by atoms with van der Waals surface area (Å²) in [5.41, 5.74) is 3.02. The fourth-order valence-electron chi connectivity index (χ4n) is 12.6. The van der Waals surface area contributed by atoms with E-state index in [-0.39, 0.29) is 48.2 Å². The zero-order valence-electron chi connectivity index (χ0n) is 58.7. The Morgan fingerprint density at radius 2 is 0.951 bits per heavy atom. The van der Waals surface area contributed by atoms with Crippen LogP contribution in [-0.4, -0.2) is 93.8 Å². The molecule has 2 aliphatic carbocycles. The van der Waals surface area contributed by atoms with Crippen LogP contribution in [0.5, 0.6) is 46.0 Å². The zero-order valence-corrected chi connectivity index (χ0v) is 59.5. The van der Waals surface area contributed by atoms with E-state index in [1.165, 1.54) is 12.2 Å². The number of nitrogens with zero attached hydrogens (tertiary/aromatic N) is 3. The maximum absolute atomic E-state index is 13.9. The van der Waals surface area contributed by atoms with Crippen molar-refractivity contribution in [3.8, 4) is 46.0 Å². The lowest BCUT2D eigenvalue weighted by Crippen LogP contribution is -2.27. The summed E-state index contributed by atoms with van der Waals surface area (Å²) in [6, 6.07) is 42.8. The molecule has 2 fully saturated rings. The van der Waals surface area contributed by atoms with Gasteiger partial charge in [-0.05, 0) is 218 Å². The van der Waals surface area contributed by atoms with Gasteiger partial charge in [0.15, 0.2) is 11.5 Å². The number of rotatable bonds is 43. The number of hydrogen-bond acceptors (Lipinski definition) is 21. The molecule has 21 heteroatoms. The van der Waals surface area contributed by atoms with Gasteiger partial charge in [-0.25, -0.2) is 19.6 Å². The van der Waals surface area contributed by atoms with Crippen LogP contribution in [0.2, 0.25) is 0 Å². The number of benzene rings is 6. The number of hydrogen-bond donors (Lipinski definition) is 0. The minimum atomic E-state index is -0.540. The fraction of sp³-hybridized carbons (Fsp3) is 0.427. The number of fused-ring (bicyclic) bond motifs is 3. The molecule has 3 aliphatic rings. The molecular formula is C82H95N3O17S. The monoisotopic (exact) mass is 1430 g/mol. The number of unbranched alkanes of at least 4 members (excludes halogenated alkanes) is 11. The minimum Gasteiger partial charge on any atom is -0.494 e. The molecular weight excluding hydrogens is 1330 g/mol. The van der Waals surface area contributed by atoms with E-state index in [9.17, 15) is 24.0 Å². The number of para-hydroxylation sites is 3. The summed E-state index contributed by atoms with van der Waals surface area (Å²) in [6.45, 7) is 10.3. The molecule has 2 saturated carbocycles. The average molecular weight is 1430 g/mol. The molecule has 1 aromatic heterocycles.